The van der Waals surface area contributed by atoms with Gasteiger partial charge in [-0.15, -0.1) is 0 Å². The number of nitrogens with one attached hydrogen (secondary N) is 1. The average molecular weight is 285 g/mol. The van der Waals surface area contributed by atoms with Gasteiger partial charge < -0.3 is 5.32 Å². The highest BCUT2D eigenvalue weighted by Gasteiger charge is 2.35. The van der Waals surface area contributed by atoms with Gasteiger partial charge in [-0.3, -0.25) is 0 Å². The van der Waals surface area contributed by atoms with E-state index in [0.29, 0.717) is 11.1 Å². The first-order valence-electron chi connectivity index (χ1n) is 5.72. The van der Waals surface area contributed by atoms with Gasteiger partial charge in [-0.1, -0.05) is 0 Å². The van der Waals surface area contributed by atoms with Crippen LogP contribution in [0.15, 0.2) is 24.3 Å². The number of hydrogen-bond donors (Lipinski definition) is 1. The van der Waals surface area contributed by atoms with Gasteiger partial charge in [0.1, 0.15) is 11.6 Å². The van der Waals surface area contributed by atoms with E-state index in [1.165, 1.54) is 31.3 Å². The Kier molecular flexibility index (Phi) is 3.61. The van der Waals surface area contributed by atoms with E-state index >= 15 is 0 Å². The number of benzene rings is 1. The summed E-state index contributed by atoms with van der Waals surface area (Å²) >= 11 is 0. The van der Waals surface area contributed by atoms with Gasteiger partial charge in [0, 0.05) is 18.7 Å². The second kappa shape index (κ2) is 5.07. The molecular formula is C13H11F4N3. The Hall–Kier alpha value is -2.18. The highest BCUT2D eigenvalue weighted by atomic mass is 19.4. The fourth-order valence-electron chi connectivity index (χ4n) is 1.75. The molecule has 1 heterocycles. The summed E-state index contributed by atoms with van der Waals surface area (Å²) in [5, 5.41) is 2.56. The van der Waals surface area contributed by atoms with E-state index in [9.17, 15) is 17.6 Å². The van der Waals surface area contributed by atoms with E-state index in [0.717, 1.165) is 0 Å². The first kappa shape index (κ1) is 14.2. The highest BCUT2D eigenvalue weighted by Crippen LogP contribution is 2.30. The number of rotatable bonds is 2. The predicted octanol–water partition coefficient (Wildman–Crippen LogP) is 3.65. The molecule has 106 valence electrons. The summed E-state index contributed by atoms with van der Waals surface area (Å²) in [7, 11) is 1.46. The quantitative estimate of drug-likeness (QED) is 0.856. The van der Waals surface area contributed by atoms with Gasteiger partial charge >= 0.3 is 6.18 Å². The molecule has 0 aliphatic heterocycles. The molecule has 0 saturated heterocycles. The second-order valence-electron chi connectivity index (χ2n) is 4.17. The Morgan fingerprint density at radius 1 is 1.10 bits per heavy atom. The summed E-state index contributed by atoms with van der Waals surface area (Å²) in [6.07, 6.45) is -4.64. The minimum atomic E-state index is -4.64. The number of hydrogen-bond acceptors (Lipinski definition) is 3. The number of nitrogens with zero attached hydrogens (tertiary/aromatic N) is 2. The van der Waals surface area contributed by atoms with Crippen LogP contribution < -0.4 is 5.32 Å². The largest absolute Gasteiger partial charge is 0.451 e. The van der Waals surface area contributed by atoms with Crippen molar-refractivity contribution in [1.29, 1.82) is 0 Å². The maximum absolute atomic E-state index is 13.1. The van der Waals surface area contributed by atoms with E-state index in [2.05, 4.69) is 15.3 Å². The molecule has 7 heteroatoms. The van der Waals surface area contributed by atoms with Crippen molar-refractivity contribution in [2.45, 2.75) is 13.1 Å². The number of aryl methyl sites for hydroxylation is 1. The van der Waals surface area contributed by atoms with Crippen molar-refractivity contribution in [3.63, 3.8) is 0 Å². The zero-order chi connectivity index (χ0) is 14.9. The average Bonchev–Trinajstić information content (AvgIpc) is 2.37. The molecule has 0 aliphatic carbocycles. The zero-order valence-electron chi connectivity index (χ0n) is 10.7. The lowest BCUT2D eigenvalue weighted by molar-refractivity contribution is -0.144. The van der Waals surface area contributed by atoms with Gasteiger partial charge in [-0.2, -0.15) is 13.2 Å². The van der Waals surface area contributed by atoms with Crippen LogP contribution in [0.2, 0.25) is 0 Å². The molecule has 1 aromatic carbocycles. The molecule has 1 N–H and O–H groups in total. The van der Waals surface area contributed by atoms with Crippen LogP contribution in [0.4, 0.5) is 23.4 Å². The van der Waals surface area contributed by atoms with Crippen LogP contribution in [0.1, 0.15) is 11.4 Å². The number of anilines is 1. The van der Waals surface area contributed by atoms with Crippen LogP contribution in [0.25, 0.3) is 11.3 Å². The molecule has 0 fully saturated rings. The lowest BCUT2D eigenvalue weighted by Gasteiger charge is -2.11. The molecule has 0 spiro atoms. The van der Waals surface area contributed by atoms with E-state index in [4.69, 9.17) is 0 Å². The summed E-state index contributed by atoms with van der Waals surface area (Å²) in [6, 6.07) is 5.20. The number of aromatic nitrogens is 2. The Morgan fingerprint density at radius 2 is 1.80 bits per heavy atom. The van der Waals surface area contributed by atoms with Crippen molar-refractivity contribution in [3.05, 3.63) is 41.5 Å². The maximum Gasteiger partial charge on any atom is 0.451 e. The van der Waals surface area contributed by atoms with Gasteiger partial charge in [-0.05, 0) is 30.7 Å². The van der Waals surface area contributed by atoms with Crippen molar-refractivity contribution in [1.82, 2.24) is 9.97 Å². The minimum Gasteiger partial charge on any atom is -0.373 e. The first-order valence-corrected chi connectivity index (χ1v) is 5.72. The SMILES string of the molecule is CNc1cc(-c2ccc(F)cc2C)nc(C(F)(F)F)n1. The molecule has 0 amide bonds. The fraction of sp³-hybridized carbons (Fsp3) is 0.231. The molecule has 3 nitrogen and oxygen atoms in total. The van der Waals surface area contributed by atoms with E-state index in [1.54, 1.807) is 6.92 Å². The van der Waals surface area contributed by atoms with Gasteiger partial charge in [0.15, 0.2) is 0 Å². The Morgan fingerprint density at radius 3 is 2.35 bits per heavy atom. The van der Waals surface area contributed by atoms with Crippen molar-refractivity contribution in [2.75, 3.05) is 12.4 Å². The summed E-state index contributed by atoms with van der Waals surface area (Å²) in [6.45, 7) is 1.60. The fourth-order valence-corrected chi connectivity index (χ4v) is 1.75. The van der Waals surface area contributed by atoms with Crippen molar-refractivity contribution in [3.8, 4) is 11.3 Å². The first-order chi connectivity index (χ1) is 9.31. The Labute approximate surface area is 112 Å². The molecule has 0 saturated carbocycles. The van der Waals surface area contributed by atoms with Crippen LogP contribution in [-0.4, -0.2) is 17.0 Å². The Bertz CT molecular complexity index is 638. The molecule has 0 radical (unpaired) electrons. The molecule has 0 atom stereocenters. The summed E-state index contributed by atoms with van der Waals surface area (Å²) < 4.78 is 51.3. The van der Waals surface area contributed by atoms with E-state index in [-0.39, 0.29) is 11.5 Å². The molecule has 20 heavy (non-hydrogen) atoms. The molecule has 2 rings (SSSR count). The maximum atomic E-state index is 13.1. The second-order valence-corrected chi connectivity index (χ2v) is 4.17. The van der Waals surface area contributed by atoms with Gasteiger partial charge in [0.25, 0.3) is 0 Å². The van der Waals surface area contributed by atoms with Crippen molar-refractivity contribution in [2.24, 2.45) is 0 Å². The molecule has 0 unspecified atom stereocenters. The number of halogens is 4. The topological polar surface area (TPSA) is 37.8 Å². The lowest BCUT2D eigenvalue weighted by atomic mass is 10.1. The molecule has 2 aromatic rings. The zero-order valence-corrected chi connectivity index (χ0v) is 10.7. The third kappa shape index (κ3) is 2.87. The summed E-state index contributed by atoms with van der Waals surface area (Å²) in [4.78, 5) is 6.89. The molecule has 1 aromatic heterocycles. The number of alkyl halides is 3. The molecular weight excluding hydrogens is 274 g/mol. The highest BCUT2D eigenvalue weighted by molar-refractivity contribution is 5.66. The van der Waals surface area contributed by atoms with Crippen molar-refractivity contribution >= 4 is 5.82 Å². The van der Waals surface area contributed by atoms with Crippen LogP contribution >= 0.6 is 0 Å². The smallest absolute Gasteiger partial charge is 0.373 e. The van der Waals surface area contributed by atoms with Crippen LogP contribution in [0, 0.1) is 12.7 Å². The Balaban J connectivity index is 2.61. The van der Waals surface area contributed by atoms with Crippen LogP contribution in [0.5, 0.6) is 0 Å². The van der Waals surface area contributed by atoms with Crippen LogP contribution in [-0.2, 0) is 6.18 Å². The normalized spacial score (nSPS) is 11.5. The predicted molar refractivity (Wildman–Crippen MR) is 66.7 cm³/mol. The van der Waals surface area contributed by atoms with E-state index < -0.39 is 17.8 Å². The van der Waals surface area contributed by atoms with Gasteiger partial charge in [0.05, 0.1) is 5.69 Å². The minimum absolute atomic E-state index is 0.0473. The molecule has 0 bridgehead atoms. The standard InChI is InChI=1S/C13H11F4N3/c1-7-5-8(14)3-4-9(7)10-6-11(18-2)20-12(19-10)13(15,16)17/h3-6H,1-2H3,(H,18,19,20). The monoisotopic (exact) mass is 285 g/mol. The third-order valence-electron chi connectivity index (χ3n) is 2.70. The van der Waals surface area contributed by atoms with Crippen molar-refractivity contribution < 1.29 is 17.6 Å². The summed E-state index contributed by atoms with van der Waals surface area (Å²) in [5.41, 5.74) is 1.02. The van der Waals surface area contributed by atoms with Crippen LogP contribution in [0.3, 0.4) is 0 Å². The van der Waals surface area contributed by atoms with E-state index in [1.807, 2.05) is 0 Å². The third-order valence-corrected chi connectivity index (χ3v) is 2.70. The van der Waals surface area contributed by atoms with Gasteiger partial charge in [0.2, 0.25) is 5.82 Å². The van der Waals surface area contributed by atoms with Gasteiger partial charge in [-0.25, -0.2) is 14.4 Å². The molecule has 0 aliphatic rings. The lowest BCUT2D eigenvalue weighted by Crippen LogP contribution is -2.13. The summed E-state index contributed by atoms with van der Waals surface area (Å²) in [5.74, 6) is -1.64.